The van der Waals surface area contributed by atoms with Gasteiger partial charge in [0.05, 0.1) is 23.7 Å². The third-order valence-corrected chi connectivity index (χ3v) is 7.22. The van der Waals surface area contributed by atoms with Crippen LogP contribution in [0.1, 0.15) is 61.6 Å². The molecule has 0 unspecified atom stereocenters. The summed E-state index contributed by atoms with van der Waals surface area (Å²) in [6.07, 6.45) is -9.72. The maximum Gasteiger partial charge on any atom is 0.436 e. The first kappa shape index (κ1) is 31.4. The van der Waals surface area contributed by atoms with Crippen LogP contribution in [-0.2, 0) is 32.0 Å². The van der Waals surface area contributed by atoms with Crippen molar-refractivity contribution in [2.75, 3.05) is 11.4 Å². The number of anilines is 1. The smallest absolute Gasteiger partial charge is 0.436 e. The Morgan fingerprint density at radius 2 is 1.62 bits per heavy atom. The quantitative estimate of drug-likeness (QED) is 0.199. The van der Waals surface area contributed by atoms with Gasteiger partial charge in [0.15, 0.2) is 5.69 Å². The molecule has 0 fully saturated rings. The van der Waals surface area contributed by atoms with Crippen LogP contribution < -0.4 is 15.0 Å². The largest absolute Gasteiger partial charge is 0.489 e. The Labute approximate surface area is 252 Å². The molecule has 4 aromatic rings. The summed E-state index contributed by atoms with van der Waals surface area (Å²) in [7, 11) is 0. The molecule has 1 aliphatic rings. The fourth-order valence-corrected chi connectivity index (χ4v) is 5.04. The summed E-state index contributed by atoms with van der Waals surface area (Å²) in [6.45, 7) is 1.30. The van der Waals surface area contributed by atoms with Gasteiger partial charge >= 0.3 is 18.3 Å². The summed E-state index contributed by atoms with van der Waals surface area (Å²) in [5.74, 6) is -2.52. The van der Waals surface area contributed by atoms with Crippen LogP contribution in [-0.4, -0.2) is 33.3 Å². The van der Waals surface area contributed by atoms with E-state index in [2.05, 4.69) is 10.4 Å². The number of alkyl halides is 6. The number of aromatic nitrogens is 2. The Kier molecular flexibility index (Phi) is 8.50. The Morgan fingerprint density at radius 3 is 2.24 bits per heavy atom. The first-order chi connectivity index (χ1) is 21.2. The lowest BCUT2D eigenvalue weighted by atomic mass is 10.1. The van der Waals surface area contributed by atoms with Crippen LogP contribution in [0.25, 0.3) is 0 Å². The van der Waals surface area contributed by atoms with Gasteiger partial charge in [0.2, 0.25) is 0 Å². The minimum atomic E-state index is -5.00. The number of carbonyl (C=O) groups is 2. The number of halogens is 6. The molecule has 45 heavy (non-hydrogen) atoms. The Hall–Kier alpha value is -5.01. The molecular weight excluding hydrogens is 606 g/mol. The number of nitrogens with zero attached hydrogens (tertiary/aromatic N) is 3. The van der Waals surface area contributed by atoms with Crippen molar-refractivity contribution < 1.29 is 45.8 Å². The van der Waals surface area contributed by atoms with E-state index in [0.717, 1.165) is 22.4 Å². The highest BCUT2D eigenvalue weighted by Crippen LogP contribution is 2.40. The maximum atomic E-state index is 14.1. The first-order valence-electron chi connectivity index (χ1n) is 13.7. The molecule has 1 amide bonds. The molecule has 0 saturated carbocycles. The Morgan fingerprint density at radius 1 is 0.933 bits per heavy atom. The van der Waals surface area contributed by atoms with Gasteiger partial charge in [-0.1, -0.05) is 42.5 Å². The molecular formula is C31H26F6N4O4. The van der Waals surface area contributed by atoms with Crippen LogP contribution in [0.5, 0.6) is 5.75 Å². The minimum absolute atomic E-state index is 0.00540. The molecule has 0 bridgehead atoms. The normalized spacial score (nSPS) is 13.8. The van der Waals surface area contributed by atoms with E-state index in [1.54, 1.807) is 30.3 Å². The number of carboxylic acids is 1. The second-order valence-electron chi connectivity index (χ2n) is 10.4. The molecule has 236 valence electrons. The third kappa shape index (κ3) is 7.05. The standard InChI is InChI=1S/C31H26F6N4O4/c1-18(21-7-9-22(10-8-21)29(43)44)38-27(42)25-26(31(35,36)37)39-41-12-11-40(28(25)41)16-20-13-23(30(32,33)34)15-24(14-20)45-17-19-5-3-2-4-6-19/h2-10,13-15,18H,11-12,16-17H2,1H3,(H,38,42)(H,43,44)/t18-/m0/s1. The van der Waals surface area contributed by atoms with E-state index in [0.29, 0.717) is 5.56 Å². The molecule has 0 aliphatic carbocycles. The van der Waals surface area contributed by atoms with Gasteiger partial charge in [0, 0.05) is 13.1 Å². The van der Waals surface area contributed by atoms with Gasteiger partial charge in [-0.15, -0.1) is 0 Å². The van der Waals surface area contributed by atoms with Crippen LogP contribution in [0.3, 0.4) is 0 Å². The van der Waals surface area contributed by atoms with Crippen molar-refractivity contribution in [1.29, 1.82) is 0 Å². The van der Waals surface area contributed by atoms with Crippen molar-refractivity contribution in [2.45, 2.75) is 45.0 Å². The summed E-state index contributed by atoms with van der Waals surface area (Å²) in [5.41, 5.74) is -1.92. The lowest BCUT2D eigenvalue weighted by molar-refractivity contribution is -0.142. The number of aromatic carboxylic acids is 1. The van der Waals surface area contributed by atoms with E-state index < -0.39 is 47.1 Å². The summed E-state index contributed by atoms with van der Waals surface area (Å²) >= 11 is 0. The number of nitrogens with one attached hydrogen (secondary N) is 1. The summed E-state index contributed by atoms with van der Waals surface area (Å²) in [6, 6.07) is 16.5. The molecule has 1 aliphatic heterocycles. The van der Waals surface area contributed by atoms with Crippen molar-refractivity contribution in [1.82, 2.24) is 15.1 Å². The first-order valence-corrected chi connectivity index (χ1v) is 13.7. The number of amides is 1. The van der Waals surface area contributed by atoms with Crippen molar-refractivity contribution >= 4 is 17.7 Å². The predicted octanol–water partition coefficient (Wildman–Crippen LogP) is 6.71. The highest BCUT2D eigenvalue weighted by atomic mass is 19.4. The average molecular weight is 633 g/mol. The molecule has 2 N–H and O–H groups in total. The predicted molar refractivity (Wildman–Crippen MR) is 150 cm³/mol. The van der Waals surface area contributed by atoms with E-state index in [1.165, 1.54) is 42.2 Å². The van der Waals surface area contributed by atoms with E-state index in [9.17, 15) is 35.9 Å². The van der Waals surface area contributed by atoms with Crippen molar-refractivity contribution in [3.63, 3.8) is 0 Å². The van der Waals surface area contributed by atoms with Crippen LogP contribution in [0.2, 0.25) is 0 Å². The second kappa shape index (κ2) is 12.2. The number of benzene rings is 3. The van der Waals surface area contributed by atoms with Gasteiger partial charge in [0.1, 0.15) is 23.7 Å². The zero-order chi connectivity index (χ0) is 32.5. The van der Waals surface area contributed by atoms with Gasteiger partial charge in [-0.25, -0.2) is 9.48 Å². The van der Waals surface area contributed by atoms with Gasteiger partial charge in [-0.05, 0) is 53.9 Å². The fraction of sp³-hybridized carbons (Fsp3) is 0.258. The van der Waals surface area contributed by atoms with Crippen LogP contribution in [0.4, 0.5) is 32.2 Å². The molecule has 5 rings (SSSR count). The lowest BCUT2D eigenvalue weighted by Crippen LogP contribution is -2.31. The minimum Gasteiger partial charge on any atom is -0.489 e. The van der Waals surface area contributed by atoms with Crippen molar-refractivity contribution in [3.05, 3.63) is 112 Å². The van der Waals surface area contributed by atoms with E-state index in [-0.39, 0.29) is 48.9 Å². The van der Waals surface area contributed by atoms with Gasteiger partial charge in [-0.3, -0.25) is 4.79 Å². The topological polar surface area (TPSA) is 96.7 Å². The van der Waals surface area contributed by atoms with Gasteiger partial charge in [-0.2, -0.15) is 31.4 Å². The van der Waals surface area contributed by atoms with Crippen LogP contribution in [0, 0.1) is 0 Å². The zero-order valence-electron chi connectivity index (χ0n) is 23.6. The van der Waals surface area contributed by atoms with Crippen LogP contribution in [0.15, 0.2) is 72.8 Å². The number of carboxylic acid groups (broad SMARTS) is 1. The van der Waals surface area contributed by atoms with E-state index in [4.69, 9.17) is 9.84 Å². The highest BCUT2D eigenvalue weighted by Gasteiger charge is 2.44. The van der Waals surface area contributed by atoms with Gasteiger partial charge in [0.25, 0.3) is 5.91 Å². The van der Waals surface area contributed by atoms with E-state index >= 15 is 0 Å². The number of rotatable bonds is 9. The summed E-state index contributed by atoms with van der Waals surface area (Å²) in [5, 5.41) is 15.3. The summed E-state index contributed by atoms with van der Waals surface area (Å²) in [4.78, 5) is 25.9. The molecule has 14 heteroatoms. The van der Waals surface area contributed by atoms with Gasteiger partial charge < -0.3 is 20.1 Å². The highest BCUT2D eigenvalue weighted by molar-refractivity contribution is 6.01. The SMILES string of the molecule is C[C@H](NC(=O)c1c(C(F)(F)F)nn2c1N(Cc1cc(OCc3ccccc3)cc(C(F)(F)F)c1)CC2)c1ccc(C(=O)O)cc1. The molecule has 0 radical (unpaired) electrons. The third-order valence-electron chi connectivity index (χ3n) is 7.22. The Balaban J connectivity index is 1.44. The molecule has 0 spiro atoms. The van der Waals surface area contributed by atoms with E-state index in [1.807, 2.05) is 0 Å². The molecule has 0 saturated heterocycles. The van der Waals surface area contributed by atoms with Crippen molar-refractivity contribution in [2.24, 2.45) is 0 Å². The molecule has 1 atom stereocenters. The molecule has 2 heterocycles. The van der Waals surface area contributed by atoms with Crippen molar-refractivity contribution in [3.8, 4) is 5.75 Å². The number of ether oxygens (including phenoxy) is 1. The number of hydrogen-bond donors (Lipinski definition) is 2. The Bertz CT molecular complexity index is 1700. The second-order valence-corrected chi connectivity index (χ2v) is 10.4. The number of fused-ring (bicyclic) bond motifs is 1. The monoisotopic (exact) mass is 632 g/mol. The maximum absolute atomic E-state index is 14.1. The molecule has 1 aromatic heterocycles. The summed E-state index contributed by atoms with van der Waals surface area (Å²) < 4.78 is 90.3. The fourth-order valence-electron chi connectivity index (χ4n) is 5.04. The zero-order valence-corrected chi connectivity index (χ0v) is 23.6. The molecule has 3 aromatic carbocycles. The number of hydrogen-bond acceptors (Lipinski definition) is 5. The lowest BCUT2D eigenvalue weighted by Gasteiger charge is -2.22. The average Bonchev–Trinajstić information content (AvgIpc) is 3.56. The molecule has 8 nitrogen and oxygen atoms in total. The number of carbonyl (C=O) groups excluding carboxylic acids is 1. The van der Waals surface area contributed by atoms with Crippen LogP contribution >= 0.6 is 0 Å².